The first kappa shape index (κ1) is 19.9. The highest BCUT2D eigenvalue weighted by molar-refractivity contribution is 5.86. The molecule has 0 radical (unpaired) electrons. The SMILES string of the molecule is CCC(C)N(CC(=O)N(Cc1ccco1)CC1CCCO1)C(=O)C1CCC1. The summed E-state index contributed by atoms with van der Waals surface area (Å²) in [6.07, 6.45) is 7.55. The zero-order valence-corrected chi connectivity index (χ0v) is 16.6. The lowest BCUT2D eigenvalue weighted by molar-refractivity contribution is -0.147. The van der Waals surface area contributed by atoms with E-state index in [0.717, 1.165) is 50.9 Å². The molecule has 0 aromatic carbocycles. The molecule has 0 bridgehead atoms. The van der Waals surface area contributed by atoms with Crippen LogP contribution in [0.15, 0.2) is 22.8 Å². The average molecular weight is 376 g/mol. The maximum Gasteiger partial charge on any atom is 0.242 e. The summed E-state index contributed by atoms with van der Waals surface area (Å²) in [6.45, 7) is 5.94. The minimum absolute atomic E-state index is 0.0325. The number of hydrogen-bond acceptors (Lipinski definition) is 4. The number of hydrogen-bond donors (Lipinski definition) is 0. The molecule has 0 spiro atoms. The highest BCUT2D eigenvalue weighted by Gasteiger charge is 2.33. The molecule has 2 fully saturated rings. The number of rotatable bonds is 9. The fraction of sp³-hybridized carbons (Fsp3) is 0.714. The van der Waals surface area contributed by atoms with Gasteiger partial charge in [0.2, 0.25) is 11.8 Å². The number of carbonyl (C=O) groups excluding carboxylic acids is 2. The Hall–Kier alpha value is -1.82. The van der Waals surface area contributed by atoms with E-state index in [9.17, 15) is 9.59 Å². The molecule has 2 atom stereocenters. The van der Waals surface area contributed by atoms with E-state index in [4.69, 9.17) is 9.15 Å². The van der Waals surface area contributed by atoms with Crippen LogP contribution in [0.5, 0.6) is 0 Å². The van der Waals surface area contributed by atoms with E-state index in [0.29, 0.717) is 13.1 Å². The van der Waals surface area contributed by atoms with Crippen molar-refractivity contribution in [2.45, 2.75) is 71.1 Å². The van der Waals surface area contributed by atoms with E-state index in [2.05, 4.69) is 6.92 Å². The van der Waals surface area contributed by atoms with Gasteiger partial charge in [-0.15, -0.1) is 0 Å². The topological polar surface area (TPSA) is 63.0 Å². The molecule has 1 saturated heterocycles. The maximum absolute atomic E-state index is 13.2. The lowest BCUT2D eigenvalue weighted by atomic mass is 9.84. The van der Waals surface area contributed by atoms with Crippen molar-refractivity contribution in [1.82, 2.24) is 9.80 Å². The summed E-state index contributed by atoms with van der Waals surface area (Å²) in [5, 5.41) is 0. The van der Waals surface area contributed by atoms with Crippen molar-refractivity contribution >= 4 is 11.8 Å². The summed E-state index contributed by atoms with van der Waals surface area (Å²) in [5.41, 5.74) is 0. The summed E-state index contributed by atoms with van der Waals surface area (Å²) in [5.74, 6) is 0.958. The standard InChI is InChI=1S/C21H32N2O4/c1-3-16(2)23(21(25)17-7-4-8-17)15-20(24)22(13-18-9-5-11-26-18)14-19-10-6-12-27-19/h5,9,11,16-17,19H,3-4,6-8,10,12-15H2,1-2H3. The van der Waals surface area contributed by atoms with Gasteiger partial charge in [-0.2, -0.15) is 0 Å². The molecule has 1 saturated carbocycles. The quantitative estimate of drug-likeness (QED) is 0.664. The Labute approximate surface area is 161 Å². The molecule has 150 valence electrons. The van der Waals surface area contributed by atoms with Crippen LogP contribution in [0.1, 0.15) is 58.1 Å². The van der Waals surface area contributed by atoms with Gasteiger partial charge in [0.1, 0.15) is 12.3 Å². The van der Waals surface area contributed by atoms with Crippen molar-refractivity contribution in [3.8, 4) is 0 Å². The summed E-state index contributed by atoms with van der Waals surface area (Å²) in [7, 11) is 0. The molecule has 1 aliphatic carbocycles. The molecule has 2 heterocycles. The van der Waals surface area contributed by atoms with E-state index < -0.39 is 0 Å². The first-order valence-corrected chi connectivity index (χ1v) is 10.3. The first-order chi connectivity index (χ1) is 13.1. The van der Waals surface area contributed by atoms with Gasteiger partial charge in [0.25, 0.3) is 0 Å². The number of carbonyl (C=O) groups is 2. The number of ether oxygens (including phenoxy) is 1. The second-order valence-electron chi connectivity index (χ2n) is 7.84. The number of nitrogens with zero attached hydrogens (tertiary/aromatic N) is 2. The van der Waals surface area contributed by atoms with Crippen molar-refractivity contribution in [2.24, 2.45) is 5.92 Å². The Balaban J connectivity index is 1.68. The van der Waals surface area contributed by atoms with Gasteiger partial charge in [-0.3, -0.25) is 9.59 Å². The van der Waals surface area contributed by atoms with Crippen molar-refractivity contribution in [2.75, 3.05) is 19.7 Å². The van der Waals surface area contributed by atoms with Crippen molar-refractivity contribution < 1.29 is 18.7 Å². The van der Waals surface area contributed by atoms with Crippen LogP contribution in [0.4, 0.5) is 0 Å². The van der Waals surface area contributed by atoms with E-state index >= 15 is 0 Å². The molecule has 3 rings (SSSR count). The summed E-state index contributed by atoms with van der Waals surface area (Å²) in [4.78, 5) is 29.6. The van der Waals surface area contributed by atoms with Crippen LogP contribution in [0.25, 0.3) is 0 Å². The van der Waals surface area contributed by atoms with Gasteiger partial charge < -0.3 is 19.0 Å². The second-order valence-corrected chi connectivity index (χ2v) is 7.84. The van der Waals surface area contributed by atoms with Crippen LogP contribution >= 0.6 is 0 Å². The normalized spacial score (nSPS) is 20.9. The van der Waals surface area contributed by atoms with Gasteiger partial charge in [0.15, 0.2) is 0 Å². The van der Waals surface area contributed by atoms with Gasteiger partial charge in [0.05, 0.1) is 18.9 Å². The van der Waals surface area contributed by atoms with Crippen LogP contribution in [-0.4, -0.2) is 53.5 Å². The van der Waals surface area contributed by atoms with E-state index in [-0.39, 0.29) is 36.4 Å². The van der Waals surface area contributed by atoms with E-state index in [1.807, 2.05) is 19.1 Å². The lowest BCUT2D eigenvalue weighted by Crippen LogP contribution is -2.50. The molecule has 2 amide bonds. The molecule has 1 aromatic rings. The van der Waals surface area contributed by atoms with Gasteiger partial charge in [-0.25, -0.2) is 0 Å². The molecule has 2 unspecified atom stereocenters. The lowest BCUT2D eigenvalue weighted by Gasteiger charge is -2.36. The van der Waals surface area contributed by atoms with Crippen molar-refractivity contribution in [3.05, 3.63) is 24.2 Å². The Morgan fingerprint density at radius 3 is 2.63 bits per heavy atom. The van der Waals surface area contributed by atoms with Gasteiger partial charge in [-0.05, 0) is 51.2 Å². The van der Waals surface area contributed by atoms with Crippen LogP contribution in [0.2, 0.25) is 0 Å². The minimum atomic E-state index is -0.0325. The monoisotopic (exact) mass is 376 g/mol. The maximum atomic E-state index is 13.2. The molecule has 6 nitrogen and oxygen atoms in total. The zero-order valence-electron chi connectivity index (χ0n) is 16.6. The Morgan fingerprint density at radius 1 is 1.26 bits per heavy atom. The zero-order chi connectivity index (χ0) is 19.2. The second kappa shape index (κ2) is 9.40. The molecular weight excluding hydrogens is 344 g/mol. The Morgan fingerprint density at radius 2 is 2.07 bits per heavy atom. The third-order valence-corrected chi connectivity index (χ3v) is 5.89. The highest BCUT2D eigenvalue weighted by atomic mass is 16.5. The highest BCUT2D eigenvalue weighted by Crippen LogP contribution is 2.29. The average Bonchev–Trinajstić information content (AvgIpc) is 3.30. The first-order valence-electron chi connectivity index (χ1n) is 10.3. The molecule has 6 heteroatoms. The fourth-order valence-corrected chi connectivity index (χ4v) is 3.69. The van der Waals surface area contributed by atoms with E-state index in [1.54, 1.807) is 16.1 Å². The molecule has 0 N–H and O–H groups in total. The largest absolute Gasteiger partial charge is 0.467 e. The van der Waals surface area contributed by atoms with E-state index in [1.165, 1.54) is 0 Å². The van der Waals surface area contributed by atoms with Gasteiger partial charge >= 0.3 is 0 Å². The molecular formula is C21H32N2O4. The predicted octanol–water partition coefficient (Wildman–Crippen LogP) is 3.21. The van der Waals surface area contributed by atoms with Crippen LogP contribution in [0.3, 0.4) is 0 Å². The Bertz CT molecular complexity index is 606. The third kappa shape index (κ3) is 5.12. The Kier molecular flexibility index (Phi) is 6.94. The van der Waals surface area contributed by atoms with Crippen LogP contribution in [0, 0.1) is 5.92 Å². The van der Waals surface area contributed by atoms with Crippen LogP contribution < -0.4 is 0 Å². The molecule has 27 heavy (non-hydrogen) atoms. The van der Waals surface area contributed by atoms with Gasteiger partial charge in [0, 0.05) is 25.1 Å². The number of amides is 2. The molecule has 1 aliphatic heterocycles. The van der Waals surface area contributed by atoms with Crippen LogP contribution in [-0.2, 0) is 20.9 Å². The predicted molar refractivity (Wildman–Crippen MR) is 102 cm³/mol. The molecule has 2 aliphatic rings. The smallest absolute Gasteiger partial charge is 0.242 e. The van der Waals surface area contributed by atoms with Crippen molar-refractivity contribution in [1.29, 1.82) is 0 Å². The minimum Gasteiger partial charge on any atom is -0.467 e. The summed E-state index contributed by atoms with van der Waals surface area (Å²) in [6, 6.07) is 3.77. The van der Waals surface area contributed by atoms with Crippen molar-refractivity contribution in [3.63, 3.8) is 0 Å². The fourth-order valence-electron chi connectivity index (χ4n) is 3.69. The van der Waals surface area contributed by atoms with Gasteiger partial charge in [-0.1, -0.05) is 13.3 Å². The third-order valence-electron chi connectivity index (χ3n) is 5.89. The molecule has 1 aromatic heterocycles. The number of furan rings is 1. The summed E-state index contributed by atoms with van der Waals surface area (Å²) >= 11 is 0. The summed E-state index contributed by atoms with van der Waals surface area (Å²) < 4.78 is 11.2.